The van der Waals surface area contributed by atoms with Crippen molar-refractivity contribution in [1.29, 1.82) is 0 Å². The molecule has 0 aliphatic rings. The number of nitrogens with one attached hydrogen (secondary N) is 1. The number of nitrogens with zero attached hydrogens (tertiary/aromatic N) is 2. The Morgan fingerprint density at radius 1 is 1.42 bits per heavy atom. The fourth-order valence-electron chi connectivity index (χ4n) is 2.21. The molecule has 108 valence electrons. The minimum Gasteiger partial charge on any atom is -0.314 e. The van der Waals surface area contributed by atoms with E-state index in [4.69, 9.17) is 0 Å². The monoisotopic (exact) mass is 329 g/mol. The van der Waals surface area contributed by atoms with E-state index in [1.165, 1.54) is 0 Å². The van der Waals surface area contributed by atoms with E-state index in [0.717, 1.165) is 35.4 Å². The van der Waals surface area contributed by atoms with E-state index in [9.17, 15) is 4.79 Å². The predicted octanol–water partition coefficient (Wildman–Crippen LogP) is 2.73. The van der Waals surface area contributed by atoms with Crippen LogP contribution in [0.15, 0.2) is 4.47 Å². The molecule has 0 radical (unpaired) electrons. The maximum absolute atomic E-state index is 12.1. The lowest BCUT2D eigenvalue weighted by Gasteiger charge is -2.11. The summed E-state index contributed by atoms with van der Waals surface area (Å²) in [5.41, 5.74) is 2.04. The van der Waals surface area contributed by atoms with Gasteiger partial charge in [0.1, 0.15) is 5.78 Å². The van der Waals surface area contributed by atoms with Gasteiger partial charge in [0, 0.05) is 25.4 Å². The molecule has 1 atom stereocenters. The molecule has 0 aliphatic heterocycles. The molecule has 1 aromatic rings. The lowest BCUT2D eigenvalue weighted by Crippen LogP contribution is -2.28. The highest BCUT2D eigenvalue weighted by Crippen LogP contribution is 2.23. The molecule has 1 heterocycles. The van der Waals surface area contributed by atoms with Crippen molar-refractivity contribution in [1.82, 2.24) is 15.1 Å². The standard InChI is InChI=1S/C14H24BrN3O/c1-5-12-14(15)13(18(7-3)17-12)9-11(19)8-10(4)16-6-2/h10,16H,5-9H2,1-4H3. The second kappa shape index (κ2) is 7.80. The molecule has 0 saturated heterocycles. The van der Waals surface area contributed by atoms with Gasteiger partial charge in [-0.15, -0.1) is 0 Å². The zero-order valence-corrected chi connectivity index (χ0v) is 13.9. The summed E-state index contributed by atoms with van der Waals surface area (Å²) < 4.78 is 2.93. The molecule has 19 heavy (non-hydrogen) atoms. The number of Topliss-reactive ketones (excluding diaryl/α,β-unsaturated/α-hetero) is 1. The number of hydrogen-bond donors (Lipinski definition) is 1. The van der Waals surface area contributed by atoms with E-state index in [1.54, 1.807) is 0 Å². The van der Waals surface area contributed by atoms with E-state index in [1.807, 2.05) is 18.5 Å². The van der Waals surface area contributed by atoms with Crippen molar-refractivity contribution >= 4 is 21.7 Å². The summed E-state index contributed by atoms with van der Waals surface area (Å²) in [5.74, 6) is 0.256. The van der Waals surface area contributed by atoms with Crippen molar-refractivity contribution in [2.45, 2.75) is 59.5 Å². The molecule has 1 aromatic heterocycles. The number of rotatable bonds is 8. The first-order valence-corrected chi connectivity index (χ1v) is 7.81. The maximum atomic E-state index is 12.1. The fraction of sp³-hybridized carbons (Fsp3) is 0.714. The van der Waals surface area contributed by atoms with Crippen LogP contribution in [0.5, 0.6) is 0 Å². The van der Waals surface area contributed by atoms with E-state index < -0.39 is 0 Å². The third-order valence-electron chi connectivity index (χ3n) is 3.15. The van der Waals surface area contributed by atoms with Crippen LogP contribution in [0, 0.1) is 0 Å². The summed E-state index contributed by atoms with van der Waals surface area (Å²) >= 11 is 3.58. The molecular formula is C14H24BrN3O. The van der Waals surface area contributed by atoms with Crippen LogP contribution >= 0.6 is 15.9 Å². The molecular weight excluding hydrogens is 306 g/mol. The lowest BCUT2D eigenvalue weighted by atomic mass is 10.1. The van der Waals surface area contributed by atoms with Crippen LogP contribution < -0.4 is 5.32 Å². The normalized spacial score (nSPS) is 12.7. The van der Waals surface area contributed by atoms with Crippen molar-refractivity contribution in [3.8, 4) is 0 Å². The van der Waals surface area contributed by atoms with Crippen molar-refractivity contribution in [3.63, 3.8) is 0 Å². The third-order valence-corrected chi connectivity index (χ3v) is 4.06. The fourth-order valence-corrected chi connectivity index (χ4v) is 2.91. The highest BCUT2D eigenvalue weighted by molar-refractivity contribution is 9.10. The van der Waals surface area contributed by atoms with Gasteiger partial charge in [-0.05, 0) is 42.7 Å². The molecule has 0 amide bonds. The Morgan fingerprint density at radius 3 is 2.63 bits per heavy atom. The highest BCUT2D eigenvalue weighted by Gasteiger charge is 2.17. The van der Waals surface area contributed by atoms with Crippen LogP contribution in [0.25, 0.3) is 0 Å². The van der Waals surface area contributed by atoms with Gasteiger partial charge >= 0.3 is 0 Å². The van der Waals surface area contributed by atoms with Crippen molar-refractivity contribution in [3.05, 3.63) is 15.9 Å². The average molecular weight is 330 g/mol. The SMILES string of the molecule is CCNC(C)CC(=O)Cc1c(Br)c(CC)nn1CC. The van der Waals surface area contributed by atoms with Gasteiger partial charge in [0.15, 0.2) is 0 Å². The maximum Gasteiger partial charge on any atom is 0.140 e. The van der Waals surface area contributed by atoms with E-state index in [-0.39, 0.29) is 11.8 Å². The molecule has 0 spiro atoms. The number of aromatic nitrogens is 2. The first-order chi connectivity index (χ1) is 9.03. The van der Waals surface area contributed by atoms with Crippen LogP contribution in [0.1, 0.15) is 45.5 Å². The summed E-state index contributed by atoms with van der Waals surface area (Å²) in [5, 5.41) is 7.78. The van der Waals surface area contributed by atoms with Crippen LogP contribution in [0.3, 0.4) is 0 Å². The topological polar surface area (TPSA) is 46.9 Å². The Balaban J connectivity index is 2.75. The van der Waals surface area contributed by atoms with Crippen molar-refractivity contribution in [2.24, 2.45) is 0 Å². The van der Waals surface area contributed by atoms with Gasteiger partial charge in [0.25, 0.3) is 0 Å². The van der Waals surface area contributed by atoms with Crippen LogP contribution in [0.2, 0.25) is 0 Å². The minimum atomic E-state index is 0.236. The Bertz CT molecular complexity index is 429. The van der Waals surface area contributed by atoms with E-state index in [0.29, 0.717) is 12.8 Å². The number of carbonyl (C=O) groups is 1. The number of ketones is 1. The number of carbonyl (C=O) groups excluding carboxylic acids is 1. The molecule has 5 heteroatoms. The molecule has 0 saturated carbocycles. The number of aryl methyl sites for hydroxylation is 2. The van der Waals surface area contributed by atoms with Crippen LogP contribution in [-0.2, 0) is 24.2 Å². The molecule has 4 nitrogen and oxygen atoms in total. The quantitative estimate of drug-likeness (QED) is 0.797. The van der Waals surface area contributed by atoms with Gasteiger partial charge in [-0.2, -0.15) is 5.10 Å². The Morgan fingerprint density at radius 2 is 2.11 bits per heavy atom. The summed E-state index contributed by atoms with van der Waals surface area (Å²) in [4.78, 5) is 12.1. The molecule has 1 unspecified atom stereocenters. The minimum absolute atomic E-state index is 0.236. The van der Waals surface area contributed by atoms with Gasteiger partial charge < -0.3 is 5.32 Å². The first kappa shape index (κ1) is 16.4. The first-order valence-electron chi connectivity index (χ1n) is 7.02. The zero-order chi connectivity index (χ0) is 14.4. The van der Waals surface area contributed by atoms with E-state index in [2.05, 4.69) is 40.2 Å². The summed E-state index contributed by atoms with van der Waals surface area (Å²) in [6.45, 7) is 9.91. The van der Waals surface area contributed by atoms with Crippen LogP contribution in [0.4, 0.5) is 0 Å². The largest absolute Gasteiger partial charge is 0.314 e. The summed E-state index contributed by atoms with van der Waals surface area (Å²) in [6, 6.07) is 0.236. The second-order valence-electron chi connectivity index (χ2n) is 4.75. The molecule has 0 aromatic carbocycles. The van der Waals surface area contributed by atoms with Gasteiger partial charge in [0.2, 0.25) is 0 Å². The highest BCUT2D eigenvalue weighted by atomic mass is 79.9. The van der Waals surface area contributed by atoms with Gasteiger partial charge in [-0.25, -0.2) is 0 Å². The molecule has 1 rings (SSSR count). The smallest absolute Gasteiger partial charge is 0.140 e. The Kier molecular flexibility index (Phi) is 6.72. The zero-order valence-electron chi connectivity index (χ0n) is 12.3. The van der Waals surface area contributed by atoms with Gasteiger partial charge in [-0.3, -0.25) is 9.48 Å². The van der Waals surface area contributed by atoms with Gasteiger partial charge in [-0.1, -0.05) is 13.8 Å². The molecule has 1 N–H and O–H groups in total. The Labute approximate surface area is 124 Å². The number of halogens is 1. The van der Waals surface area contributed by atoms with Crippen molar-refractivity contribution < 1.29 is 4.79 Å². The second-order valence-corrected chi connectivity index (χ2v) is 5.55. The molecule has 0 aliphatic carbocycles. The van der Waals surface area contributed by atoms with E-state index >= 15 is 0 Å². The summed E-state index contributed by atoms with van der Waals surface area (Å²) in [7, 11) is 0. The number of hydrogen-bond acceptors (Lipinski definition) is 3. The van der Waals surface area contributed by atoms with Crippen LogP contribution in [-0.4, -0.2) is 28.2 Å². The third kappa shape index (κ3) is 4.42. The predicted molar refractivity (Wildman–Crippen MR) is 81.4 cm³/mol. The molecule has 0 fully saturated rings. The summed E-state index contributed by atoms with van der Waals surface area (Å²) in [6.07, 6.45) is 1.90. The Hall–Kier alpha value is -0.680. The van der Waals surface area contributed by atoms with Gasteiger partial charge in [0.05, 0.1) is 15.9 Å². The molecule has 0 bridgehead atoms. The lowest BCUT2D eigenvalue weighted by molar-refractivity contribution is -0.118. The van der Waals surface area contributed by atoms with Crippen molar-refractivity contribution in [2.75, 3.05) is 6.54 Å². The average Bonchev–Trinajstić information content (AvgIpc) is 2.66.